The highest BCUT2D eigenvalue weighted by Crippen LogP contribution is 2.52. The molecule has 7 heteroatoms. The third-order valence-corrected chi connectivity index (χ3v) is 6.09. The molecule has 5 rings (SSSR count). The van der Waals surface area contributed by atoms with E-state index in [1.54, 1.807) is 24.3 Å². The van der Waals surface area contributed by atoms with Crippen LogP contribution in [0, 0.1) is 11.8 Å². The van der Waals surface area contributed by atoms with Crippen LogP contribution in [0.4, 0.5) is 5.69 Å². The smallest absolute Gasteiger partial charge is 0.250 e. The second kappa shape index (κ2) is 5.98. The van der Waals surface area contributed by atoms with Crippen LogP contribution in [0.1, 0.15) is 11.1 Å². The van der Waals surface area contributed by atoms with E-state index in [-0.39, 0.29) is 30.9 Å². The number of likely N-dealkylation sites (tertiary alicyclic amines) is 1. The van der Waals surface area contributed by atoms with Gasteiger partial charge in [0.15, 0.2) is 0 Å². The number of rotatable bonds is 3. The molecule has 4 atom stereocenters. The average Bonchev–Trinajstić information content (AvgIpc) is 3.29. The highest BCUT2D eigenvalue weighted by atomic mass is 16.3. The molecule has 3 aliphatic rings. The maximum absolute atomic E-state index is 13.4. The molecule has 7 nitrogen and oxygen atoms in total. The van der Waals surface area contributed by atoms with E-state index in [4.69, 9.17) is 0 Å². The van der Waals surface area contributed by atoms with Gasteiger partial charge in [-0.2, -0.15) is 0 Å². The van der Waals surface area contributed by atoms with Crippen LogP contribution in [0.25, 0.3) is 0 Å². The summed E-state index contributed by atoms with van der Waals surface area (Å²) in [5, 5.41) is 15.9. The number of aliphatic hydroxyl groups is 1. The van der Waals surface area contributed by atoms with Gasteiger partial charge in [0.25, 0.3) is 0 Å². The molecule has 142 valence electrons. The van der Waals surface area contributed by atoms with Gasteiger partial charge in [-0.1, -0.05) is 48.5 Å². The molecule has 3 N–H and O–H groups in total. The molecule has 3 heterocycles. The standard InChI is InChI=1S/C21H19N3O4/c25-11-15-16-17(19(27)24(18(16)26)10-12-6-2-1-3-7-12)21(23-15)13-8-4-5-9-14(13)22-20(21)28/h1-9,15-17,23,25H,10-11H2,(H,22,28). The van der Waals surface area contributed by atoms with Crippen molar-refractivity contribution in [2.75, 3.05) is 11.9 Å². The quantitative estimate of drug-likeness (QED) is 0.681. The maximum Gasteiger partial charge on any atom is 0.250 e. The van der Waals surface area contributed by atoms with Gasteiger partial charge in [-0.15, -0.1) is 0 Å². The monoisotopic (exact) mass is 377 g/mol. The van der Waals surface area contributed by atoms with Crippen molar-refractivity contribution in [3.63, 3.8) is 0 Å². The largest absolute Gasteiger partial charge is 0.395 e. The van der Waals surface area contributed by atoms with E-state index in [1.807, 2.05) is 30.3 Å². The molecule has 28 heavy (non-hydrogen) atoms. The second-order valence-corrected chi connectivity index (χ2v) is 7.49. The third-order valence-electron chi connectivity index (χ3n) is 6.09. The van der Waals surface area contributed by atoms with E-state index < -0.39 is 23.4 Å². The highest BCUT2D eigenvalue weighted by molar-refractivity contribution is 6.15. The van der Waals surface area contributed by atoms with E-state index in [1.165, 1.54) is 4.90 Å². The number of hydrogen-bond donors (Lipinski definition) is 3. The van der Waals surface area contributed by atoms with Gasteiger partial charge < -0.3 is 10.4 Å². The van der Waals surface area contributed by atoms with Crippen molar-refractivity contribution in [1.82, 2.24) is 10.2 Å². The number of nitrogens with zero attached hydrogens (tertiary/aromatic N) is 1. The van der Waals surface area contributed by atoms with Crippen LogP contribution in [0.15, 0.2) is 54.6 Å². The summed E-state index contributed by atoms with van der Waals surface area (Å²) in [5.74, 6) is -2.75. The molecule has 2 saturated heterocycles. The Bertz CT molecular complexity index is 992. The first-order valence-corrected chi connectivity index (χ1v) is 9.26. The van der Waals surface area contributed by atoms with Crippen LogP contribution < -0.4 is 10.6 Å². The first-order valence-electron chi connectivity index (χ1n) is 9.26. The normalized spacial score (nSPS) is 30.7. The molecule has 0 bridgehead atoms. The van der Waals surface area contributed by atoms with Crippen LogP contribution in [0.5, 0.6) is 0 Å². The molecule has 4 unspecified atom stereocenters. The Morgan fingerprint density at radius 2 is 1.68 bits per heavy atom. The Hall–Kier alpha value is -3.03. The molecular weight excluding hydrogens is 358 g/mol. The zero-order chi connectivity index (χ0) is 19.5. The maximum atomic E-state index is 13.4. The fraction of sp³-hybridized carbons (Fsp3) is 0.286. The lowest BCUT2D eigenvalue weighted by molar-refractivity contribution is -0.143. The van der Waals surface area contributed by atoms with Crippen molar-refractivity contribution in [2.24, 2.45) is 11.8 Å². The Morgan fingerprint density at radius 3 is 2.43 bits per heavy atom. The molecule has 3 aliphatic heterocycles. The van der Waals surface area contributed by atoms with Crippen LogP contribution in [0.3, 0.4) is 0 Å². The minimum absolute atomic E-state index is 0.156. The lowest BCUT2D eigenvalue weighted by Gasteiger charge is -2.29. The van der Waals surface area contributed by atoms with Crippen LogP contribution in [-0.4, -0.2) is 40.4 Å². The van der Waals surface area contributed by atoms with E-state index in [0.717, 1.165) is 5.56 Å². The number of fused-ring (bicyclic) bond motifs is 4. The number of anilines is 1. The number of aliphatic hydroxyl groups excluding tert-OH is 1. The molecule has 2 fully saturated rings. The van der Waals surface area contributed by atoms with Gasteiger partial charge in [-0.3, -0.25) is 24.6 Å². The fourth-order valence-electron chi connectivity index (χ4n) is 4.90. The minimum Gasteiger partial charge on any atom is -0.395 e. The first-order chi connectivity index (χ1) is 13.6. The zero-order valence-corrected chi connectivity index (χ0v) is 15.0. The molecule has 0 aromatic heterocycles. The lowest BCUT2D eigenvalue weighted by atomic mass is 9.76. The van der Waals surface area contributed by atoms with Crippen molar-refractivity contribution in [2.45, 2.75) is 18.1 Å². The third kappa shape index (κ3) is 2.08. The highest BCUT2D eigenvalue weighted by Gasteiger charge is 2.70. The van der Waals surface area contributed by atoms with Gasteiger partial charge in [-0.05, 0) is 11.6 Å². The van der Waals surface area contributed by atoms with Gasteiger partial charge in [0.05, 0.1) is 25.0 Å². The number of para-hydroxylation sites is 1. The van der Waals surface area contributed by atoms with E-state index in [9.17, 15) is 19.5 Å². The zero-order valence-electron chi connectivity index (χ0n) is 15.0. The minimum atomic E-state index is -1.34. The molecule has 0 radical (unpaired) electrons. The molecule has 2 aromatic carbocycles. The predicted octanol–water partition coefficient (Wildman–Crippen LogP) is 0.600. The number of carbonyl (C=O) groups excluding carboxylic acids is 3. The molecule has 3 amide bonds. The van der Waals surface area contributed by atoms with Gasteiger partial charge in [0, 0.05) is 17.3 Å². The number of benzene rings is 2. The molecule has 2 aromatic rings. The summed E-state index contributed by atoms with van der Waals surface area (Å²) in [6.45, 7) is -0.181. The van der Waals surface area contributed by atoms with Crippen molar-refractivity contribution in [3.05, 3.63) is 65.7 Å². The van der Waals surface area contributed by atoms with Gasteiger partial charge in [0.2, 0.25) is 17.7 Å². The van der Waals surface area contributed by atoms with Crippen molar-refractivity contribution in [1.29, 1.82) is 0 Å². The van der Waals surface area contributed by atoms with Crippen molar-refractivity contribution in [3.8, 4) is 0 Å². The van der Waals surface area contributed by atoms with Crippen LogP contribution in [0.2, 0.25) is 0 Å². The van der Waals surface area contributed by atoms with E-state index >= 15 is 0 Å². The fourth-order valence-corrected chi connectivity index (χ4v) is 4.90. The number of amides is 3. The van der Waals surface area contributed by atoms with Gasteiger partial charge in [-0.25, -0.2) is 0 Å². The average molecular weight is 377 g/mol. The summed E-state index contributed by atoms with van der Waals surface area (Å²) >= 11 is 0. The summed E-state index contributed by atoms with van der Waals surface area (Å²) in [4.78, 5) is 40.8. The molecule has 1 spiro atoms. The topological polar surface area (TPSA) is 98.7 Å². The number of hydrogen-bond acceptors (Lipinski definition) is 5. The van der Waals surface area contributed by atoms with Crippen molar-refractivity contribution >= 4 is 23.4 Å². The Labute approximate surface area is 161 Å². The number of carbonyl (C=O) groups is 3. The summed E-state index contributed by atoms with van der Waals surface area (Å²) in [6.07, 6.45) is 0. The van der Waals surface area contributed by atoms with E-state index in [0.29, 0.717) is 11.3 Å². The van der Waals surface area contributed by atoms with Crippen LogP contribution >= 0.6 is 0 Å². The lowest BCUT2D eigenvalue weighted by Crippen LogP contribution is -2.53. The molecule has 0 saturated carbocycles. The summed E-state index contributed by atoms with van der Waals surface area (Å²) < 4.78 is 0. The Kier molecular flexibility index (Phi) is 3.65. The molecule has 0 aliphatic carbocycles. The van der Waals surface area contributed by atoms with Crippen molar-refractivity contribution < 1.29 is 19.5 Å². The summed E-state index contributed by atoms with van der Waals surface area (Å²) in [6, 6.07) is 15.8. The van der Waals surface area contributed by atoms with Gasteiger partial charge in [0.1, 0.15) is 5.54 Å². The SMILES string of the molecule is O=C1C2C(CO)NC3(C(=O)Nc4ccccc43)C2C(=O)N1Cc1ccccc1. The second-order valence-electron chi connectivity index (χ2n) is 7.49. The first kappa shape index (κ1) is 17.1. The van der Waals surface area contributed by atoms with Gasteiger partial charge >= 0.3 is 0 Å². The molecular formula is C21H19N3O4. The summed E-state index contributed by atoms with van der Waals surface area (Å²) in [5.41, 5.74) is 0.767. The Balaban J connectivity index is 1.60. The number of imide groups is 1. The predicted molar refractivity (Wildman–Crippen MR) is 99.7 cm³/mol. The van der Waals surface area contributed by atoms with E-state index in [2.05, 4.69) is 10.6 Å². The summed E-state index contributed by atoms with van der Waals surface area (Å²) in [7, 11) is 0. The Morgan fingerprint density at radius 1 is 0.964 bits per heavy atom. The number of nitrogens with one attached hydrogen (secondary N) is 2. The van der Waals surface area contributed by atoms with Crippen LogP contribution in [-0.2, 0) is 26.5 Å².